The second kappa shape index (κ2) is 5.05. The lowest BCUT2D eigenvalue weighted by Gasteiger charge is -2.32. The minimum atomic E-state index is 0.201. The van der Waals surface area contributed by atoms with Crippen molar-refractivity contribution in [2.75, 3.05) is 0 Å². The molecule has 1 aromatic rings. The summed E-state index contributed by atoms with van der Waals surface area (Å²) < 4.78 is 0. The van der Waals surface area contributed by atoms with Gasteiger partial charge >= 0.3 is 0 Å². The zero-order chi connectivity index (χ0) is 11.5. The van der Waals surface area contributed by atoms with Gasteiger partial charge in [0, 0.05) is 17.8 Å². The number of hydrogen-bond acceptors (Lipinski definition) is 4. The highest BCUT2D eigenvalue weighted by Gasteiger charge is 2.27. The van der Waals surface area contributed by atoms with Gasteiger partial charge in [0.25, 0.3) is 0 Å². The van der Waals surface area contributed by atoms with Crippen LogP contribution in [0.25, 0.3) is 0 Å². The van der Waals surface area contributed by atoms with Gasteiger partial charge in [-0.2, -0.15) is 0 Å². The largest absolute Gasteiger partial charge is 0.271 e. The van der Waals surface area contributed by atoms with Crippen molar-refractivity contribution in [1.82, 2.24) is 10.4 Å². The van der Waals surface area contributed by atoms with Crippen molar-refractivity contribution < 1.29 is 0 Å². The molecular weight excluding hydrogens is 206 g/mol. The van der Waals surface area contributed by atoms with E-state index in [1.54, 1.807) is 11.3 Å². The van der Waals surface area contributed by atoms with Gasteiger partial charge in [-0.05, 0) is 18.8 Å². The lowest BCUT2D eigenvalue weighted by atomic mass is 9.80. The fourth-order valence-corrected chi connectivity index (χ4v) is 2.14. The first-order chi connectivity index (χ1) is 6.99. The predicted molar refractivity (Wildman–Crippen MR) is 65.7 cm³/mol. The molecule has 1 atom stereocenters. The summed E-state index contributed by atoms with van der Waals surface area (Å²) >= 11 is 1.70. The number of rotatable bonds is 5. The molecule has 0 spiro atoms. The van der Waals surface area contributed by atoms with E-state index in [2.05, 4.69) is 36.6 Å². The number of thiazole rings is 1. The molecule has 86 valence electrons. The Labute approximate surface area is 96.1 Å². The molecular formula is C11H21N3S. The smallest absolute Gasteiger partial charge is 0.0897 e. The van der Waals surface area contributed by atoms with Crippen molar-refractivity contribution >= 4 is 11.3 Å². The van der Waals surface area contributed by atoms with Gasteiger partial charge < -0.3 is 0 Å². The van der Waals surface area contributed by atoms with Gasteiger partial charge in [-0.25, -0.2) is 4.98 Å². The predicted octanol–water partition coefficient (Wildman–Crippen LogP) is 2.26. The van der Waals surface area contributed by atoms with E-state index in [9.17, 15) is 0 Å². The van der Waals surface area contributed by atoms with Gasteiger partial charge in [0.05, 0.1) is 10.7 Å². The Morgan fingerprint density at radius 2 is 2.27 bits per heavy atom. The molecule has 1 heterocycles. The Hall–Kier alpha value is -0.450. The number of nitrogens with zero attached hydrogens (tertiary/aromatic N) is 1. The summed E-state index contributed by atoms with van der Waals surface area (Å²) in [6.07, 6.45) is 2.01. The van der Waals surface area contributed by atoms with Crippen molar-refractivity contribution in [3.8, 4) is 0 Å². The van der Waals surface area contributed by atoms with Crippen LogP contribution in [-0.4, -0.2) is 11.0 Å². The third-order valence-electron chi connectivity index (χ3n) is 3.14. The van der Waals surface area contributed by atoms with Crippen molar-refractivity contribution in [3.05, 3.63) is 16.1 Å². The number of nitrogens with one attached hydrogen (secondary N) is 1. The SMILES string of the molecule is CCC(C)(C)C(Cc1csc(C)n1)NN. The maximum Gasteiger partial charge on any atom is 0.0897 e. The van der Waals surface area contributed by atoms with Crippen LogP contribution in [-0.2, 0) is 6.42 Å². The molecule has 4 heteroatoms. The number of nitrogens with two attached hydrogens (primary N) is 1. The molecule has 1 aromatic heterocycles. The highest BCUT2D eigenvalue weighted by atomic mass is 32.1. The van der Waals surface area contributed by atoms with Gasteiger partial charge in [0.2, 0.25) is 0 Å². The van der Waals surface area contributed by atoms with E-state index in [4.69, 9.17) is 5.84 Å². The Morgan fingerprint density at radius 3 is 2.67 bits per heavy atom. The van der Waals surface area contributed by atoms with Crippen LogP contribution in [0.15, 0.2) is 5.38 Å². The molecule has 0 radical (unpaired) electrons. The summed E-state index contributed by atoms with van der Waals surface area (Å²) in [5.74, 6) is 5.61. The van der Waals surface area contributed by atoms with E-state index < -0.39 is 0 Å². The number of hydrogen-bond donors (Lipinski definition) is 2. The molecule has 15 heavy (non-hydrogen) atoms. The summed E-state index contributed by atoms with van der Waals surface area (Å²) in [5.41, 5.74) is 4.26. The maximum atomic E-state index is 5.61. The van der Waals surface area contributed by atoms with Crippen LogP contribution < -0.4 is 11.3 Å². The first-order valence-corrected chi connectivity index (χ1v) is 6.24. The topological polar surface area (TPSA) is 50.9 Å². The van der Waals surface area contributed by atoms with Gasteiger partial charge in [0.15, 0.2) is 0 Å². The molecule has 3 nitrogen and oxygen atoms in total. The second-order valence-corrected chi connectivity index (χ2v) is 5.69. The number of hydrazine groups is 1. The summed E-state index contributed by atoms with van der Waals surface area (Å²) in [6.45, 7) is 8.69. The lowest BCUT2D eigenvalue weighted by Crippen LogP contribution is -2.47. The van der Waals surface area contributed by atoms with Crippen molar-refractivity contribution in [1.29, 1.82) is 0 Å². The summed E-state index contributed by atoms with van der Waals surface area (Å²) in [5, 5.41) is 3.24. The maximum absolute atomic E-state index is 5.61. The zero-order valence-corrected chi connectivity index (χ0v) is 10.8. The Balaban J connectivity index is 2.69. The normalized spacial score (nSPS) is 14.2. The van der Waals surface area contributed by atoms with Crippen LogP contribution in [0.4, 0.5) is 0 Å². The monoisotopic (exact) mass is 227 g/mol. The van der Waals surface area contributed by atoms with E-state index in [0.717, 1.165) is 23.5 Å². The van der Waals surface area contributed by atoms with Crippen molar-refractivity contribution in [3.63, 3.8) is 0 Å². The standard InChI is InChI=1S/C11H21N3S/c1-5-11(3,4)10(14-12)6-9-7-15-8(2)13-9/h7,10,14H,5-6,12H2,1-4H3. The first-order valence-electron chi connectivity index (χ1n) is 5.36. The second-order valence-electron chi connectivity index (χ2n) is 4.62. The van der Waals surface area contributed by atoms with E-state index in [0.29, 0.717) is 0 Å². The molecule has 0 aliphatic carbocycles. The number of aromatic nitrogens is 1. The van der Waals surface area contributed by atoms with Crippen LogP contribution in [0.3, 0.4) is 0 Å². The van der Waals surface area contributed by atoms with Crippen molar-refractivity contribution in [2.45, 2.75) is 46.6 Å². The van der Waals surface area contributed by atoms with Crippen LogP contribution in [0, 0.1) is 12.3 Å². The van der Waals surface area contributed by atoms with E-state index in [1.807, 2.05) is 6.92 Å². The molecule has 0 aliphatic rings. The minimum absolute atomic E-state index is 0.201. The summed E-state index contributed by atoms with van der Waals surface area (Å²) in [6, 6.07) is 0.281. The Morgan fingerprint density at radius 1 is 1.60 bits per heavy atom. The Kier molecular flexibility index (Phi) is 4.25. The summed E-state index contributed by atoms with van der Waals surface area (Å²) in [4.78, 5) is 4.47. The molecule has 3 N–H and O–H groups in total. The van der Waals surface area contributed by atoms with Gasteiger partial charge in [-0.3, -0.25) is 11.3 Å². The lowest BCUT2D eigenvalue weighted by molar-refractivity contribution is 0.230. The van der Waals surface area contributed by atoms with Crippen LogP contribution in [0.1, 0.15) is 37.9 Å². The first kappa shape index (κ1) is 12.6. The molecule has 0 bridgehead atoms. The quantitative estimate of drug-likeness (QED) is 0.599. The highest BCUT2D eigenvalue weighted by molar-refractivity contribution is 7.09. The van der Waals surface area contributed by atoms with Crippen LogP contribution in [0.2, 0.25) is 0 Å². The van der Waals surface area contributed by atoms with Crippen LogP contribution in [0.5, 0.6) is 0 Å². The minimum Gasteiger partial charge on any atom is -0.271 e. The number of aryl methyl sites for hydroxylation is 1. The van der Waals surface area contributed by atoms with Gasteiger partial charge in [-0.1, -0.05) is 20.8 Å². The molecule has 0 amide bonds. The Bertz CT molecular complexity index is 307. The van der Waals surface area contributed by atoms with Gasteiger partial charge in [-0.15, -0.1) is 11.3 Å². The fraction of sp³-hybridized carbons (Fsp3) is 0.727. The molecule has 0 fully saturated rings. The molecule has 1 rings (SSSR count). The van der Waals surface area contributed by atoms with E-state index in [1.165, 1.54) is 0 Å². The van der Waals surface area contributed by atoms with E-state index >= 15 is 0 Å². The van der Waals surface area contributed by atoms with Crippen molar-refractivity contribution in [2.24, 2.45) is 11.3 Å². The molecule has 0 saturated heterocycles. The third-order valence-corrected chi connectivity index (χ3v) is 3.96. The van der Waals surface area contributed by atoms with Crippen LogP contribution >= 0.6 is 11.3 Å². The highest BCUT2D eigenvalue weighted by Crippen LogP contribution is 2.27. The average Bonchev–Trinajstić information content (AvgIpc) is 2.60. The molecule has 0 aliphatic heterocycles. The van der Waals surface area contributed by atoms with Gasteiger partial charge in [0.1, 0.15) is 0 Å². The molecule has 1 unspecified atom stereocenters. The molecule has 0 aromatic carbocycles. The average molecular weight is 227 g/mol. The summed E-state index contributed by atoms with van der Waals surface area (Å²) in [7, 11) is 0. The molecule has 0 saturated carbocycles. The zero-order valence-electron chi connectivity index (χ0n) is 10.0. The third kappa shape index (κ3) is 3.26. The fourth-order valence-electron chi connectivity index (χ4n) is 1.52. The van der Waals surface area contributed by atoms with E-state index in [-0.39, 0.29) is 11.5 Å².